The molecule has 58 heavy (non-hydrogen) atoms. The highest BCUT2D eigenvalue weighted by Crippen LogP contribution is 2.41. The molecule has 0 saturated carbocycles. The third kappa shape index (κ3) is 15.2. The van der Waals surface area contributed by atoms with Crippen molar-refractivity contribution in [3.63, 3.8) is 0 Å². The lowest BCUT2D eigenvalue weighted by atomic mass is 9.88. The van der Waals surface area contributed by atoms with Crippen molar-refractivity contribution >= 4 is 32.5 Å². The predicted molar refractivity (Wildman–Crippen MR) is 241 cm³/mol. The zero-order valence-electron chi connectivity index (χ0n) is 38.6. The average Bonchev–Trinajstić information content (AvgIpc) is 3.53. The molecule has 0 aliphatic rings. The van der Waals surface area contributed by atoms with Crippen molar-refractivity contribution in [1.29, 1.82) is 0 Å². The standard InChI is InChI=1S/C45H75NO9SSi2/c1-33(25-26-54-57(14,15)44(6,7)8)40(53-32-51-28-27-49-12)30-41(55-58(16,17)45(9,10)11)36(4)43(50-13)34(2)23-24-42(35(3)29-38-31-52-37(5)46-38)56(47,48)39-21-19-18-20-22-39/h18-25,29,31,36,40-41,43H,26-28,30,32H2,1-17H3/b33-25+,34-23+,35-29+,42-24-/t36-,40-,41-,43-/m0/s1. The van der Waals surface area contributed by atoms with Gasteiger partial charge in [0.1, 0.15) is 18.8 Å². The van der Waals surface area contributed by atoms with Gasteiger partial charge in [0.05, 0.1) is 47.9 Å². The van der Waals surface area contributed by atoms with E-state index >= 15 is 0 Å². The molecule has 0 fully saturated rings. The maximum atomic E-state index is 14.2. The molecule has 13 heteroatoms. The minimum Gasteiger partial charge on any atom is -0.449 e. The van der Waals surface area contributed by atoms with Crippen LogP contribution in [-0.4, -0.2) is 89.2 Å². The first-order valence-corrected chi connectivity index (χ1v) is 27.6. The molecule has 4 atom stereocenters. The van der Waals surface area contributed by atoms with Crippen molar-refractivity contribution in [2.75, 3.05) is 40.8 Å². The summed E-state index contributed by atoms with van der Waals surface area (Å²) in [4.78, 5) is 4.72. The summed E-state index contributed by atoms with van der Waals surface area (Å²) in [6, 6.07) is 8.45. The maximum Gasteiger partial charge on any atom is 0.206 e. The van der Waals surface area contributed by atoms with Crippen LogP contribution in [0.5, 0.6) is 0 Å². The van der Waals surface area contributed by atoms with Gasteiger partial charge < -0.3 is 32.2 Å². The zero-order valence-corrected chi connectivity index (χ0v) is 41.5. The van der Waals surface area contributed by atoms with Crippen LogP contribution in [0.15, 0.2) is 85.8 Å². The van der Waals surface area contributed by atoms with Gasteiger partial charge in [0.15, 0.2) is 22.5 Å². The van der Waals surface area contributed by atoms with Crippen molar-refractivity contribution in [2.24, 2.45) is 5.92 Å². The van der Waals surface area contributed by atoms with Gasteiger partial charge in [-0.3, -0.25) is 0 Å². The minimum absolute atomic E-state index is 0.0599. The quantitative estimate of drug-likeness (QED) is 0.0351. The molecule has 2 aromatic rings. The fourth-order valence-electron chi connectivity index (χ4n) is 5.79. The molecule has 0 amide bonds. The Balaban J connectivity index is 2.66. The summed E-state index contributed by atoms with van der Waals surface area (Å²) in [5.41, 5.74) is 2.94. The van der Waals surface area contributed by atoms with Crippen molar-refractivity contribution in [1.82, 2.24) is 4.98 Å². The van der Waals surface area contributed by atoms with E-state index in [1.165, 1.54) is 6.26 Å². The zero-order chi connectivity index (χ0) is 44.1. The van der Waals surface area contributed by atoms with Crippen LogP contribution in [-0.2, 0) is 37.6 Å². The van der Waals surface area contributed by atoms with Crippen LogP contribution >= 0.6 is 0 Å². The van der Waals surface area contributed by atoms with Crippen LogP contribution in [0.2, 0.25) is 36.3 Å². The molecular weight excluding hydrogens is 787 g/mol. The average molecular weight is 862 g/mol. The number of allylic oxidation sites excluding steroid dienone is 3. The van der Waals surface area contributed by atoms with Crippen molar-refractivity contribution in [2.45, 2.75) is 142 Å². The van der Waals surface area contributed by atoms with Gasteiger partial charge in [0.2, 0.25) is 9.84 Å². The second-order valence-corrected chi connectivity index (χ2v) is 29.7. The van der Waals surface area contributed by atoms with Gasteiger partial charge in [-0.25, -0.2) is 13.4 Å². The lowest BCUT2D eigenvalue weighted by Gasteiger charge is -2.43. The van der Waals surface area contributed by atoms with E-state index < -0.39 is 32.6 Å². The normalized spacial score (nSPS) is 16.7. The van der Waals surface area contributed by atoms with Gasteiger partial charge in [-0.1, -0.05) is 78.8 Å². The van der Waals surface area contributed by atoms with Gasteiger partial charge in [0, 0.05) is 33.5 Å². The fourth-order valence-corrected chi connectivity index (χ4v) is 9.65. The Morgan fingerprint density at radius 2 is 1.52 bits per heavy atom. The summed E-state index contributed by atoms with van der Waals surface area (Å²) >= 11 is 0. The fraction of sp³-hybridized carbons (Fsp3) is 0.622. The Morgan fingerprint density at radius 1 is 0.897 bits per heavy atom. The highest BCUT2D eigenvalue weighted by atomic mass is 32.2. The van der Waals surface area contributed by atoms with E-state index in [4.69, 9.17) is 32.2 Å². The number of oxazole rings is 1. The Hall–Kier alpha value is -2.47. The van der Waals surface area contributed by atoms with Crippen LogP contribution in [0.25, 0.3) is 6.08 Å². The second-order valence-electron chi connectivity index (χ2n) is 18.2. The molecule has 1 aromatic heterocycles. The Kier molecular flexibility index (Phi) is 20.0. The number of nitrogens with zero attached hydrogens (tertiary/aromatic N) is 1. The molecular formula is C45H75NO9SSi2. The van der Waals surface area contributed by atoms with E-state index in [1.807, 2.05) is 13.0 Å². The molecule has 1 heterocycles. The summed E-state index contributed by atoms with van der Waals surface area (Å²) < 4.78 is 71.2. The van der Waals surface area contributed by atoms with E-state index in [9.17, 15) is 8.42 Å². The van der Waals surface area contributed by atoms with Crippen LogP contribution in [0.4, 0.5) is 0 Å². The van der Waals surface area contributed by atoms with Crippen LogP contribution < -0.4 is 0 Å². The van der Waals surface area contributed by atoms with Crippen molar-refractivity contribution in [3.8, 4) is 0 Å². The number of methoxy groups -OCH3 is 2. The van der Waals surface area contributed by atoms with Crippen molar-refractivity contribution in [3.05, 3.63) is 88.0 Å². The number of sulfone groups is 1. The number of aromatic nitrogens is 1. The van der Waals surface area contributed by atoms with Gasteiger partial charge in [0.25, 0.3) is 0 Å². The van der Waals surface area contributed by atoms with Crippen molar-refractivity contribution < 1.29 is 40.6 Å². The molecule has 0 aliphatic heterocycles. The third-order valence-corrected chi connectivity index (χ3v) is 22.6. The number of hydrogen-bond acceptors (Lipinski definition) is 10. The highest BCUT2D eigenvalue weighted by Gasteiger charge is 2.42. The van der Waals surface area contributed by atoms with Crippen LogP contribution in [0, 0.1) is 12.8 Å². The maximum absolute atomic E-state index is 14.2. The van der Waals surface area contributed by atoms with Crippen LogP contribution in [0.1, 0.15) is 87.2 Å². The monoisotopic (exact) mass is 861 g/mol. The summed E-state index contributed by atoms with van der Waals surface area (Å²) in [5, 5.41) is 0.0281. The molecule has 0 saturated heterocycles. The Morgan fingerprint density at radius 3 is 2.05 bits per heavy atom. The third-order valence-electron chi connectivity index (χ3n) is 11.6. The molecule has 1 aromatic carbocycles. The van der Waals surface area contributed by atoms with Gasteiger partial charge >= 0.3 is 0 Å². The first kappa shape index (κ1) is 51.7. The number of aryl methyl sites for hydroxylation is 1. The SMILES string of the molecule is COCCOCO[C@@H](C[C@H](O[Si](C)(C)C(C)(C)C)[C@H](C)[C@@H](OC)/C(C)=C/C=C(/C(C)=C/c1coc(C)n1)S(=O)(=O)c1ccccc1)/C(C)=C/CO[Si](C)(C)C(C)(C)C. The molecule has 328 valence electrons. The van der Waals surface area contributed by atoms with E-state index in [2.05, 4.69) is 92.6 Å². The summed E-state index contributed by atoms with van der Waals surface area (Å²) in [5.74, 6) is 0.332. The first-order valence-electron chi connectivity index (χ1n) is 20.3. The molecule has 0 radical (unpaired) electrons. The highest BCUT2D eigenvalue weighted by molar-refractivity contribution is 7.95. The molecule has 2 rings (SSSR count). The molecule has 0 aliphatic carbocycles. The molecule has 0 unspecified atom stereocenters. The van der Waals surface area contributed by atoms with E-state index in [1.54, 1.807) is 70.6 Å². The van der Waals surface area contributed by atoms with Gasteiger partial charge in [-0.15, -0.1) is 0 Å². The largest absolute Gasteiger partial charge is 0.449 e. The molecule has 0 N–H and O–H groups in total. The summed E-state index contributed by atoms with van der Waals surface area (Å²) in [6.45, 7) is 33.6. The topological polar surface area (TPSA) is 116 Å². The lowest BCUT2D eigenvalue weighted by Crippen LogP contribution is -2.48. The van der Waals surface area contributed by atoms with Gasteiger partial charge in [-0.2, -0.15) is 0 Å². The van der Waals surface area contributed by atoms with Gasteiger partial charge in [-0.05, 0) is 98.0 Å². The number of ether oxygens (including phenoxy) is 4. The predicted octanol–water partition coefficient (Wildman–Crippen LogP) is 11.1. The van der Waals surface area contributed by atoms with E-state index in [0.717, 1.165) is 11.1 Å². The lowest BCUT2D eigenvalue weighted by molar-refractivity contribution is -0.101. The number of benzene rings is 1. The van der Waals surface area contributed by atoms with E-state index in [0.29, 0.717) is 43.4 Å². The van der Waals surface area contributed by atoms with E-state index in [-0.39, 0.29) is 44.8 Å². The minimum atomic E-state index is -3.90. The first-order chi connectivity index (χ1) is 26.8. The van der Waals surface area contributed by atoms with Crippen LogP contribution in [0.3, 0.4) is 0 Å². The number of hydrogen-bond donors (Lipinski definition) is 0. The summed E-state index contributed by atoms with van der Waals surface area (Å²) in [6.07, 6.45) is 8.36. The Labute approximate surface area is 353 Å². The smallest absolute Gasteiger partial charge is 0.206 e. The molecule has 0 bridgehead atoms. The summed E-state index contributed by atoms with van der Waals surface area (Å²) in [7, 11) is -4.87. The Bertz CT molecular complexity index is 1800. The second kappa shape index (κ2) is 22.4. The number of rotatable bonds is 23. The molecule has 10 nitrogen and oxygen atoms in total. The molecule has 0 spiro atoms.